The maximum absolute atomic E-state index is 13.0. The van der Waals surface area contributed by atoms with Crippen molar-refractivity contribution in [2.45, 2.75) is 399 Å². The Labute approximate surface area is 577 Å². The van der Waals surface area contributed by atoms with Crippen LogP contribution in [-0.2, 0) is 33.3 Å². The number of aliphatic carboxylic acids is 1. The van der Waals surface area contributed by atoms with Crippen LogP contribution in [0.1, 0.15) is 386 Å². The van der Waals surface area contributed by atoms with E-state index >= 15 is 0 Å². The molecule has 0 spiro atoms. The highest BCUT2D eigenvalue weighted by molar-refractivity contribution is 5.70. The maximum Gasteiger partial charge on any atom is 0.306 e. The number of quaternary nitrogens is 1. The summed E-state index contributed by atoms with van der Waals surface area (Å²) in [5, 5.41) is 11.9. The molecular formula is C84H153NO8. The largest absolute Gasteiger partial charge is 0.545 e. The first-order valence-electron chi connectivity index (χ1n) is 40.1. The van der Waals surface area contributed by atoms with Gasteiger partial charge in [0.15, 0.2) is 12.4 Å². The summed E-state index contributed by atoms with van der Waals surface area (Å²) in [7, 11) is 5.95. The first-order chi connectivity index (χ1) is 45.6. The molecule has 542 valence electrons. The Bertz CT molecular complexity index is 1760. The van der Waals surface area contributed by atoms with Gasteiger partial charge < -0.3 is 33.3 Å². The normalized spacial score (nSPS) is 13.0. The highest BCUT2D eigenvalue weighted by atomic mass is 16.7. The van der Waals surface area contributed by atoms with Crippen molar-refractivity contribution < 1.29 is 42.9 Å². The van der Waals surface area contributed by atoms with Gasteiger partial charge in [0.2, 0.25) is 0 Å². The van der Waals surface area contributed by atoms with Crippen LogP contribution in [0.2, 0.25) is 0 Å². The van der Waals surface area contributed by atoms with Gasteiger partial charge >= 0.3 is 11.9 Å². The van der Waals surface area contributed by atoms with Gasteiger partial charge in [-0.2, -0.15) is 0 Å². The first kappa shape index (κ1) is 89.7. The quantitative estimate of drug-likeness (QED) is 0.0195. The number of hydrogen-bond acceptors (Lipinski definition) is 8. The Morgan fingerprint density at radius 3 is 0.925 bits per heavy atom. The maximum atomic E-state index is 13.0. The molecule has 0 rings (SSSR count). The van der Waals surface area contributed by atoms with Gasteiger partial charge in [-0.1, -0.05) is 363 Å². The van der Waals surface area contributed by atoms with E-state index in [1.165, 1.54) is 289 Å². The summed E-state index contributed by atoms with van der Waals surface area (Å²) in [6, 6.07) is 0. The van der Waals surface area contributed by atoms with Gasteiger partial charge in [-0.3, -0.25) is 9.59 Å². The Balaban J connectivity index is 3.95. The number of carbonyl (C=O) groups excluding carboxylic acids is 3. The zero-order chi connectivity index (χ0) is 67.5. The molecule has 9 heteroatoms. The van der Waals surface area contributed by atoms with E-state index in [0.29, 0.717) is 17.4 Å². The number of unbranched alkanes of at least 4 members (excludes halogenated alkanes) is 48. The van der Waals surface area contributed by atoms with E-state index in [-0.39, 0.29) is 32.2 Å². The van der Waals surface area contributed by atoms with E-state index in [1.54, 1.807) is 0 Å². The molecule has 0 aliphatic heterocycles. The van der Waals surface area contributed by atoms with Crippen LogP contribution >= 0.6 is 0 Å². The number of ether oxygens (including phenoxy) is 4. The number of esters is 2. The summed E-state index contributed by atoms with van der Waals surface area (Å²) in [4.78, 5) is 37.6. The summed E-state index contributed by atoms with van der Waals surface area (Å²) in [6.07, 6.45) is 97.5. The molecular weight excluding hydrogens is 1150 g/mol. The highest BCUT2D eigenvalue weighted by Crippen LogP contribution is 2.19. The van der Waals surface area contributed by atoms with Crippen LogP contribution in [-0.4, -0.2) is 82.3 Å². The molecule has 2 atom stereocenters. The molecule has 0 aromatic carbocycles. The fourth-order valence-electron chi connectivity index (χ4n) is 11.9. The zero-order valence-corrected chi connectivity index (χ0v) is 62.1. The van der Waals surface area contributed by atoms with Gasteiger partial charge in [-0.15, -0.1) is 0 Å². The van der Waals surface area contributed by atoms with Gasteiger partial charge in [0.1, 0.15) is 13.2 Å². The molecule has 93 heavy (non-hydrogen) atoms. The van der Waals surface area contributed by atoms with Crippen LogP contribution in [0, 0.1) is 0 Å². The van der Waals surface area contributed by atoms with Crippen LogP contribution in [0.15, 0.2) is 72.9 Å². The molecule has 0 fully saturated rings. The van der Waals surface area contributed by atoms with Crippen molar-refractivity contribution in [3.05, 3.63) is 72.9 Å². The number of allylic oxidation sites excluding steroid dienone is 12. The summed E-state index contributed by atoms with van der Waals surface area (Å²) < 4.78 is 22.9. The molecule has 0 aromatic heterocycles. The number of hydrogen-bond donors (Lipinski definition) is 0. The fourth-order valence-corrected chi connectivity index (χ4v) is 11.9. The topological polar surface area (TPSA) is 111 Å². The third kappa shape index (κ3) is 76.0. The smallest absolute Gasteiger partial charge is 0.306 e. The highest BCUT2D eigenvalue weighted by Gasteiger charge is 2.22. The molecule has 0 aliphatic carbocycles. The number of carbonyl (C=O) groups is 3. The van der Waals surface area contributed by atoms with E-state index in [9.17, 15) is 19.5 Å². The van der Waals surface area contributed by atoms with Crippen molar-refractivity contribution in [1.82, 2.24) is 0 Å². The van der Waals surface area contributed by atoms with Gasteiger partial charge in [0.05, 0.1) is 40.3 Å². The Hall–Kier alpha value is -3.27. The van der Waals surface area contributed by atoms with Crippen molar-refractivity contribution in [2.75, 3.05) is 47.5 Å². The molecule has 0 bridgehead atoms. The molecule has 0 saturated carbocycles. The zero-order valence-electron chi connectivity index (χ0n) is 62.1. The third-order valence-corrected chi connectivity index (χ3v) is 17.9. The first-order valence-corrected chi connectivity index (χ1v) is 40.1. The molecule has 9 nitrogen and oxygen atoms in total. The van der Waals surface area contributed by atoms with Crippen LogP contribution in [0.5, 0.6) is 0 Å². The van der Waals surface area contributed by atoms with E-state index in [4.69, 9.17) is 18.9 Å². The number of likely N-dealkylation sites (N-methyl/N-ethyl adjacent to an activating group) is 1. The lowest BCUT2D eigenvalue weighted by Gasteiger charge is -2.26. The molecule has 0 amide bonds. The standard InChI is InChI=1S/C84H153NO8/c1-6-8-10-12-14-16-18-20-22-24-26-28-30-32-34-35-36-37-38-39-40-41-42-43-44-45-46-47-49-51-53-55-57-59-61-63-65-67-69-71-73-75-82(87)93-80(79-92-84(83(88)89)90-77-76-85(3,4)5)78-91-81(86)74-72-70-68-66-64-62-60-58-56-54-52-50-48-33-31-29-27-25-23-21-19-17-15-13-11-9-7-2/h8,10,14,16,20,22,25-28,32,34,80,84H,6-7,9,11-13,15,17-19,21,23-24,29-31,33,35-79H2,1-5H3/b10-8-,16-14-,22-20-,27-25-,28-26-,34-32-. The van der Waals surface area contributed by atoms with Crippen molar-refractivity contribution in [3.8, 4) is 0 Å². The van der Waals surface area contributed by atoms with E-state index in [2.05, 4.69) is 86.8 Å². The minimum absolute atomic E-state index is 0.150. The molecule has 0 N–H and O–H groups in total. The second-order valence-corrected chi connectivity index (χ2v) is 28.3. The summed E-state index contributed by atoms with van der Waals surface area (Å²) in [5.74, 6) is -2.25. The minimum Gasteiger partial charge on any atom is -0.545 e. The lowest BCUT2D eigenvalue weighted by atomic mass is 10.0. The molecule has 0 aromatic rings. The Kier molecular flexibility index (Phi) is 71.9. The van der Waals surface area contributed by atoms with Crippen molar-refractivity contribution in [1.29, 1.82) is 0 Å². The van der Waals surface area contributed by atoms with Crippen molar-refractivity contribution in [2.24, 2.45) is 0 Å². The van der Waals surface area contributed by atoms with Gasteiger partial charge in [0.25, 0.3) is 0 Å². The van der Waals surface area contributed by atoms with Crippen LogP contribution in [0.3, 0.4) is 0 Å². The average Bonchev–Trinajstić information content (AvgIpc) is 3.38. The fraction of sp³-hybridized carbons (Fsp3) is 0.821. The minimum atomic E-state index is -1.62. The number of carboxylic acid groups (broad SMARTS) is 1. The third-order valence-electron chi connectivity index (χ3n) is 17.9. The second kappa shape index (κ2) is 74.5. The number of nitrogens with zero attached hydrogens (tertiary/aromatic N) is 1. The monoisotopic (exact) mass is 1300 g/mol. The van der Waals surface area contributed by atoms with E-state index in [1.807, 2.05) is 21.1 Å². The molecule has 0 aliphatic rings. The SMILES string of the molecule is CC/C=C\C/C=C\C/C=C\C/C=C\C/C=C\CCCCCCCCCCCCCCCCCCCCCCCCCCCC(=O)OC(COC(=O)CCCCCCCCCCCCCCCCC/C=C\CCCCCCCCCC)COC(OCC[N+](C)(C)C)C(=O)[O-]. The van der Waals surface area contributed by atoms with Gasteiger partial charge in [-0.25, -0.2) is 0 Å². The summed E-state index contributed by atoms with van der Waals surface area (Å²) in [6.45, 7) is 4.70. The lowest BCUT2D eigenvalue weighted by molar-refractivity contribution is -0.870. The predicted molar refractivity (Wildman–Crippen MR) is 398 cm³/mol. The van der Waals surface area contributed by atoms with Crippen LogP contribution in [0.4, 0.5) is 0 Å². The number of carboxylic acids is 1. The summed E-state index contributed by atoms with van der Waals surface area (Å²) >= 11 is 0. The predicted octanol–water partition coefficient (Wildman–Crippen LogP) is 24.3. The average molecular weight is 1310 g/mol. The summed E-state index contributed by atoms with van der Waals surface area (Å²) in [5.41, 5.74) is 0. The van der Waals surface area contributed by atoms with Crippen LogP contribution in [0.25, 0.3) is 0 Å². The van der Waals surface area contributed by atoms with Crippen LogP contribution < -0.4 is 5.11 Å². The van der Waals surface area contributed by atoms with Gasteiger partial charge in [0, 0.05) is 12.8 Å². The molecule has 2 unspecified atom stereocenters. The van der Waals surface area contributed by atoms with E-state index in [0.717, 1.165) is 70.6 Å². The van der Waals surface area contributed by atoms with Gasteiger partial charge in [-0.05, 0) is 83.5 Å². The molecule has 0 radical (unpaired) electrons. The van der Waals surface area contributed by atoms with Crippen molar-refractivity contribution >= 4 is 17.9 Å². The second-order valence-electron chi connectivity index (χ2n) is 28.3. The Morgan fingerprint density at radius 1 is 0.333 bits per heavy atom. The lowest BCUT2D eigenvalue weighted by Crippen LogP contribution is -2.44. The number of rotatable bonds is 75. The Morgan fingerprint density at radius 2 is 0.613 bits per heavy atom. The van der Waals surface area contributed by atoms with Crippen molar-refractivity contribution in [3.63, 3.8) is 0 Å². The molecule has 0 saturated heterocycles. The molecule has 0 heterocycles. The van der Waals surface area contributed by atoms with E-state index < -0.39 is 24.3 Å².